The third kappa shape index (κ3) is 2.07. The first-order valence-corrected chi connectivity index (χ1v) is 7.03. The van der Waals surface area contributed by atoms with Crippen molar-refractivity contribution >= 4 is 27.9 Å². The molecule has 3 N–H and O–H groups in total. The zero-order valence-electron chi connectivity index (χ0n) is 10.4. The Balaban J connectivity index is 2.10. The maximum atomic E-state index is 12.6. The zero-order valence-corrected chi connectivity index (χ0v) is 11.2. The maximum absolute atomic E-state index is 12.6. The third-order valence-corrected chi connectivity index (χ3v) is 4.44. The second kappa shape index (κ2) is 4.60. The Kier molecular flexibility index (Phi) is 2.93. The van der Waals surface area contributed by atoms with E-state index in [1.807, 2.05) is 43.3 Å². The molecular formula is C14H13N3OS. The van der Waals surface area contributed by atoms with Crippen LogP contribution in [0.2, 0.25) is 0 Å². The van der Waals surface area contributed by atoms with Crippen LogP contribution in [0.15, 0.2) is 52.5 Å². The van der Waals surface area contributed by atoms with Gasteiger partial charge in [-0.15, -0.1) is 0 Å². The van der Waals surface area contributed by atoms with Crippen LogP contribution in [-0.4, -0.2) is 14.5 Å². The van der Waals surface area contributed by atoms with E-state index in [1.54, 1.807) is 6.07 Å². The van der Waals surface area contributed by atoms with E-state index < -0.39 is 11.2 Å². The standard InChI is InChI=1S/C14H13N3OS/c1-9-5-4-6-10(15)13(9)19(18)14-16-11-7-2-3-8-12(11)17-14/h2-8H,15H2,1H3,(H,16,17). The maximum Gasteiger partial charge on any atom is 0.327 e. The average Bonchev–Trinajstić information content (AvgIpc) is 2.82. The molecule has 0 aliphatic rings. The molecule has 0 aliphatic carbocycles. The molecule has 3 rings (SSSR count). The molecule has 0 saturated carbocycles. The first-order chi connectivity index (χ1) is 9.16. The lowest BCUT2D eigenvalue weighted by Crippen LogP contribution is -2.09. The molecule has 0 fully saturated rings. The quantitative estimate of drug-likeness (QED) is 0.555. The number of aromatic amines is 1. The smallest absolute Gasteiger partial charge is 0.327 e. The minimum atomic E-state index is -1.39. The number of aryl methyl sites for hydroxylation is 1. The lowest BCUT2D eigenvalue weighted by Gasteiger charge is -2.11. The molecule has 3 aromatic rings. The number of hydrogen-bond acceptors (Lipinski definition) is 3. The minimum absolute atomic E-state index is 0.433. The van der Waals surface area contributed by atoms with Crippen molar-refractivity contribution in [3.8, 4) is 0 Å². The lowest BCUT2D eigenvalue weighted by molar-refractivity contribution is 0.588. The molecule has 1 unspecified atom stereocenters. The van der Waals surface area contributed by atoms with Crippen LogP contribution in [0.1, 0.15) is 5.56 Å². The molecule has 1 heterocycles. The number of anilines is 1. The Morgan fingerprint density at radius 1 is 1.16 bits per heavy atom. The van der Waals surface area contributed by atoms with Crippen molar-refractivity contribution in [3.05, 3.63) is 48.0 Å². The topological polar surface area (TPSA) is 77.8 Å². The van der Waals surface area contributed by atoms with Crippen molar-refractivity contribution in [2.45, 2.75) is 17.0 Å². The summed E-state index contributed by atoms with van der Waals surface area (Å²) in [7, 11) is 0. The Morgan fingerprint density at radius 3 is 2.68 bits per heavy atom. The number of nitrogens with two attached hydrogens (primary N) is 1. The lowest BCUT2D eigenvalue weighted by atomic mass is 10.2. The number of nitrogens with zero attached hydrogens (tertiary/aromatic N) is 1. The summed E-state index contributed by atoms with van der Waals surface area (Å²) in [4.78, 5) is 8.07. The first kappa shape index (κ1) is 12.1. The van der Waals surface area contributed by atoms with Gasteiger partial charge in [0.25, 0.3) is 0 Å². The van der Waals surface area contributed by atoms with E-state index >= 15 is 0 Å². The summed E-state index contributed by atoms with van der Waals surface area (Å²) in [5.74, 6) is 0. The van der Waals surface area contributed by atoms with Gasteiger partial charge in [0.15, 0.2) is 4.90 Å². The van der Waals surface area contributed by atoms with Crippen LogP contribution in [-0.2, 0) is 11.2 Å². The molecule has 0 aliphatic heterocycles. The molecule has 96 valence electrons. The molecule has 0 bridgehead atoms. The van der Waals surface area contributed by atoms with E-state index in [2.05, 4.69) is 9.97 Å². The number of fused-ring (bicyclic) bond motifs is 1. The van der Waals surface area contributed by atoms with Crippen molar-refractivity contribution in [1.82, 2.24) is 9.97 Å². The molecule has 1 aromatic heterocycles. The van der Waals surface area contributed by atoms with Crippen LogP contribution >= 0.6 is 0 Å². The van der Waals surface area contributed by atoms with Crippen LogP contribution in [0.4, 0.5) is 5.69 Å². The van der Waals surface area contributed by atoms with Crippen molar-refractivity contribution in [1.29, 1.82) is 0 Å². The second-order valence-corrected chi connectivity index (χ2v) is 5.65. The highest BCUT2D eigenvalue weighted by Crippen LogP contribution is 2.28. The van der Waals surface area contributed by atoms with Gasteiger partial charge in [-0.25, -0.2) is 0 Å². The van der Waals surface area contributed by atoms with Gasteiger partial charge in [-0.05, 0) is 25.1 Å². The van der Waals surface area contributed by atoms with E-state index in [-0.39, 0.29) is 0 Å². The highest BCUT2D eigenvalue weighted by molar-refractivity contribution is 7.91. The van der Waals surface area contributed by atoms with Gasteiger partial charge in [0.05, 0.1) is 27.9 Å². The molecule has 5 heteroatoms. The number of nitrogens with one attached hydrogen (secondary N) is 1. The monoisotopic (exact) mass is 271 g/mol. The number of benzene rings is 2. The van der Waals surface area contributed by atoms with Crippen LogP contribution < -0.4 is 5.73 Å². The number of imidazole rings is 1. The van der Waals surface area contributed by atoms with Crippen LogP contribution in [0, 0.1) is 6.92 Å². The molecule has 2 aromatic carbocycles. The number of aromatic nitrogens is 2. The molecule has 0 amide bonds. The van der Waals surface area contributed by atoms with Gasteiger partial charge < -0.3 is 10.3 Å². The van der Waals surface area contributed by atoms with Gasteiger partial charge in [-0.1, -0.05) is 24.3 Å². The van der Waals surface area contributed by atoms with E-state index in [4.69, 9.17) is 5.73 Å². The number of H-pyrrole nitrogens is 1. The average molecular weight is 271 g/mol. The number of para-hydroxylation sites is 2. The fraction of sp³-hybridized carbons (Fsp3) is 0.0714. The Morgan fingerprint density at radius 2 is 1.95 bits per heavy atom. The van der Waals surface area contributed by atoms with E-state index in [0.29, 0.717) is 15.7 Å². The summed E-state index contributed by atoms with van der Waals surface area (Å²) in [6.45, 7) is 1.90. The summed E-state index contributed by atoms with van der Waals surface area (Å²) in [5.41, 5.74) is 9.02. The SMILES string of the molecule is Cc1cccc(N)c1[S+]([O-])c1nc2ccccc2[nH]1. The Labute approximate surface area is 113 Å². The van der Waals surface area contributed by atoms with Crippen molar-refractivity contribution < 1.29 is 4.55 Å². The predicted octanol–water partition coefficient (Wildman–Crippen LogP) is 2.62. The van der Waals surface area contributed by atoms with E-state index in [0.717, 1.165) is 16.6 Å². The highest BCUT2D eigenvalue weighted by atomic mass is 32.2. The van der Waals surface area contributed by atoms with Gasteiger partial charge in [-0.3, -0.25) is 4.98 Å². The molecule has 4 nitrogen and oxygen atoms in total. The van der Waals surface area contributed by atoms with Gasteiger partial charge in [0.2, 0.25) is 0 Å². The van der Waals surface area contributed by atoms with Crippen molar-refractivity contribution in [2.75, 3.05) is 5.73 Å². The van der Waals surface area contributed by atoms with Crippen LogP contribution in [0.25, 0.3) is 11.0 Å². The van der Waals surface area contributed by atoms with Gasteiger partial charge >= 0.3 is 5.16 Å². The second-order valence-electron chi connectivity index (χ2n) is 4.32. The van der Waals surface area contributed by atoms with E-state index in [1.165, 1.54) is 0 Å². The summed E-state index contributed by atoms with van der Waals surface area (Å²) in [6, 6.07) is 13.1. The molecular weight excluding hydrogens is 258 g/mol. The highest BCUT2D eigenvalue weighted by Gasteiger charge is 2.24. The zero-order chi connectivity index (χ0) is 13.4. The van der Waals surface area contributed by atoms with E-state index in [9.17, 15) is 4.55 Å². The summed E-state index contributed by atoms with van der Waals surface area (Å²) in [5, 5.41) is 0.433. The number of rotatable bonds is 2. The molecule has 19 heavy (non-hydrogen) atoms. The molecule has 0 radical (unpaired) electrons. The fourth-order valence-electron chi connectivity index (χ4n) is 2.04. The van der Waals surface area contributed by atoms with Gasteiger partial charge in [0, 0.05) is 5.56 Å². The minimum Gasteiger partial charge on any atom is -0.604 e. The molecule has 1 atom stereocenters. The van der Waals surface area contributed by atoms with Crippen molar-refractivity contribution in [2.24, 2.45) is 0 Å². The summed E-state index contributed by atoms with van der Waals surface area (Å²) >= 11 is -1.39. The largest absolute Gasteiger partial charge is 0.604 e. The molecule has 0 spiro atoms. The number of hydrogen-bond donors (Lipinski definition) is 2. The first-order valence-electron chi connectivity index (χ1n) is 5.88. The Hall–Kier alpha value is -1.98. The van der Waals surface area contributed by atoms with Crippen LogP contribution in [0.3, 0.4) is 0 Å². The fourth-order valence-corrected chi connectivity index (χ4v) is 3.26. The van der Waals surface area contributed by atoms with Gasteiger partial charge in [-0.2, -0.15) is 4.98 Å². The van der Waals surface area contributed by atoms with Gasteiger partial charge in [0.1, 0.15) is 0 Å². The summed E-state index contributed by atoms with van der Waals surface area (Å²) < 4.78 is 12.6. The normalized spacial score (nSPS) is 12.7. The predicted molar refractivity (Wildman–Crippen MR) is 76.4 cm³/mol. The number of nitrogen functional groups attached to an aromatic ring is 1. The summed E-state index contributed by atoms with van der Waals surface area (Å²) in [6.07, 6.45) is 0. The Bertz CT molecular complexity index is 685. The van der Waals surface area contributed by atoms with Crippen LogP contribution in [0.5, 0.6) is 0 Å². The third-order valence-electron chi connectivity index (χ3n) is 2.97. The molecule has 0 saturated heterocycles. The van der Waals surface area contributed by atoms with Crippen molar-refractivity contribution in [3.63, 3.8) is 0 Å².